The van der Waals surface area contributed by atoms with Crippen molar-refractivity contribution >= 4 is 39.3 Å². The molecule has 3 rings (SSSR count). The number of nitrogens with zero attached hydrogens (tertiary/aromatic N) is 3. The van der Waals surface area contributed by atoms with Crippen molar-refractivity contribution in [1.82, 2.24) is 13.7 Å². The van der Waals surface area contributed by atoms with Crippen LogP contribution in [-0.4, -0.2) is 19.7 Å². The zero-order valence-corrected chi connectivity index (χ0v) is 10.7. The Morgan fingerprint density at radius 2 is 2.22 bits per heavy atom. The van der Waals surface area contributed by atoms with Gasteiger partial charge in [-0.05, 0) is 12.1 Å². The molecular weight excluding hydrogens is 270 g/mol. The lowest BCUT2D eigenvalue weighted by Crippen LogP contribution is -2.05. The summed E-state index contributed by atoms with van der Waals surface area (Å²) < 4.78 is 13.8. The average molecular weight is 277 g/mol. The van der Waals surface area contributed by atoms with E-state index < -0.39 is 5.97 Å². The fourth-order valence-electron chi connectivity index (χ4n) is 1.44. The predicted molar refractivity (Wildman–Crippen MR) is 68.6 cm³/mol. The number of hydrogen-bond acceptors (Lipinski definition) is 7. The number of benzene rings is 1. The molecule has 2 aromatic heterocycles. The van der Waals surface area contributed by atoms with Crippen LogP contribution in [-0.2, 0) is 11.3 Å². The molecule has 7 heteroatoms. The second kappa shape index (κ2) is 4.79. The summed E-state index contributed by atoms with van der Waals surface area (Å²) in [5.74, 6) is -0.469. The zero-order chi connectivity index (χ0) is 12.4. The molecule has 0 aliphatic carbocycles. The van der Waals surface area contributed by atoms with Gasteiger partial charge in [-0.15, -0.1) is 11.3 Å². The lowest BCUT2D eigenvalue weighted by molar-refractivity contribution is 0.0467. The molecule has 0 radical (unpaired) electrons. The van der Waals surface area contributed by atoms with Crippen molar-refractivity contribution in [3.05, 3.63) is 41.2 Å². The van der Waals surface area contributed by atoms with Crippen molar-refractivity contribution < 1.29 is 9.53 Å². The average Bonchev–Trinajstić information content (AvgIpc) is 3.04. The summed E-state index contributed by atoms with van der Waals surface area (Å²) in [5.41, 5.74) is 1.16. The first-order chi connectivity index (χ1) is 8.83. The summed E-state index contributed by atoms with van der Waals surface area (Å²) >= 11 is 2.49. The maximum Gasteiger partial charge on any atom is 0.360 e. The number of hydrogen-bond donors (Lipinski definition) is 0. The van der Waals surface area contributed by atoms with Gasteiger partial charge in [0.1, 0.15) is 11.6 Å². The van der Waals surface area contributed by atoms with Gasteiger partial charge in [0.05, 0.1) is 28.1 Å². The number of para-hydroxylation sites is 1. The lowest BCUT2D eigenvalue weighted by atomic mass is 10.3. The highest BCUT2D eigenvalue weighted by atomic mass is 32.1. The van der Waals surface area contributed by atoms with Crippen LogP contribution in [0.5, 0.6) is 0 Å². The van der Waals surface area contributed by atoms with Gasteiger partial charge in [0.15, 0.2) is 5.69 Å². The molecule has 0 spiro atoms. The Hall–Kier alpha value is -1.86. The number of aromatic nitrogens is 3. The second-order valence-electron chi connectivity index (χ2n) is 3.44. The molecule has 1 aromatic carbocycles. The molecular formula is C11H7N3O2S2. The Morgan fingerprint density at radius 3 is 3.00 bits per heavy atom. The Kier molecular flexibility index (Phi) is 2.99. The molecule has 90 valence electrons. The van der Waals surface area contributed by atoms with Crippen LogP contribution in [0.25, 0.3) is 10.2 Å². The summed E-state index contributed by atoms with van der Waals surface area (Å²) in [7, 11) is 0. The van der Waals surface area contributed by atoms with Gasteiger partial charge in [0, 0.05) is 0 Å². The van der Waals surface area contributed by atoms with E-state index in [9.17, 15) is 4.79 Å². The van der Waals surface area contributed by atoms with Crippen molar-refractivity contribution in [2.75, 3.05) is 0 Å². The maximum atomic E-state index is 11.6. The quantitative estimate of drug-likeness (QED) is 0.688. The van der Waals surface area contributed by atoms with Gasteiger partial charge in [0.25, 0.3) is 0 Å². The fourth-order valence-corrected chi connectivity index (χ4v) is 2.72. The van der Waals surface area contributed by atoms with Crippen molar-refractivity contribution in [3.63, 3.8) is 0 Å². The molecule has 18 heavy (non-hydrogen) atoms. The Bertz CT molecular complexity index is 645. The molecule has 0 atom stereocenters. The first-order valence-electron chi connectivity index (χ1n) is 5.12. The van der Waals surface area contributed by atoms with Crippen LogP contribution < -0.4 is 0 Å². The highest BCUT2D eigenvalue weighted by molar-refractivity contribution is 7.18. The van der Waals surface area contributed by atoms with E-state index in [2.05, 4.69) is 13.7 Å². The van der Waals surface area contributed by atoms with Gasteiger partial charge in [-0.2, -0.15) is 8.75 Å². The van der Waals surface area contributed by atoms with E-state index in [0.717, 1.165) is 27.0 Å². The molecule has 0 N–H and O–H groups in total. The predicted octanol–water partition coefficient (Wildman–Crippen LogP) is 2.50. The minimum Gasteiger partial charge on any atom is -0.453 e. The van der Waals surface area contributed by atoms with Gasteiger partial charge in [0.2, 0.25) is 0 Å². The molecule has 0 saturated carbocycles. The molecule has 0 amide bonds. The first kappa shape index (κ1) is 11.2. The number of thiazole rings is 1. The van der Waals surface area contributed by atoms with Gasteiger partial charge >= 0.3 is 5.97 Å². The van der Waals surface area contributed by atoms with E-state index in [4.69, 9.17) is 4.74 Å². The van der Waals surface area contributed by atoms with Crippen molar-refractivity contribution in [2.45, 2.75) is 6.61 Å². The van der Waals surface area contributed by atoms with Crippen molar-refractivity contribution in [2.24, 2.45) is 0 Å². The van der Waals surface area contributed by atoms with Crippen LogP contribution in [0, 0.1) is 0 Å². The minimum atomic E-state index is -0.469. The number of carbonyl (C=O) groups is 1. The second-order valence-corrected chi connectivity index (χ2v) is 5.12. The molecule has 0 saturated heterocycles. The van der Waals surface area contributed by atoms with Crippen molar-refractivity contribution in [3.8, 4) is 0 Å². The van der Waals surface area contributed by atoms with Crippen LogP contribution >= 0.6 is 23.1 Å². The third-order valence-electron chi connectivity index (χ3n) is 2.24. The van der Waals surface area contributed by atoms with Crippen LogP contribution in [0.2, 0.25) is 0 Å². The third kappa shape index (κ3) is 2.22. The SMILES string of the molecule is O=C(OCc1nc2ccccc2s1)c1cnsn1. The molecule has 0 bridgehead atoms. The Morgan fingerprint density at radius 1 is 1.33 bits per heavy atom. The number of rotatable bonds is 3. The van der Waals surface area contributed by atoms with Gasteiger partial charge in [-0.3, -0.25) is 0 Å². The molecule has 0 unspecified atom stereocenters. The number of esters is 1. The molecule has 0 aliphatic heterocycles. The van der Waals surface area contributed by atoms with Crippen molar-refractivity contribution in [1.29, 1.82) is 0 Å². The minimum absolute atomic E-state index is 0.162. The fraction of sp³-hybridized carbons (Fsp3) is 0.0909. The van der Waals surface area contributed by atoms with E-state index in [1.165, 1.54) is 17.5 Å². The molecule has 0 fully saturated rings. The molecule has 5 nitrogen and oxygen atoms in total. The zero-order valence-electron chi connectivity index (χ0n) is 9.07. The number of ether oxygens (including phenoxy) is 1. The highest BCUT2D eigenvalue weighted by Crippen LogP contribution is 2.22. The summed E-state index contributed by atoms with van der Waals surface area (Å²) in [6, 6.07) is 7.81. The molecule has 2 heterocycles. The highest BCUT2D eigenvalue weighted by Gasteiger charge is 2.11. The van der Waals surface area contributed by atoms with Gasteiger partial charge < -0.3 is 4.74 Å². The van der Waals surface area contributed by atoms with Gasteiger partial charge in [-0.25, -0.2) is 9.78 Å². The van der Waals surface area contributed by atoms with Crippen LogP contribution in [0.1, 0.15) is 15.5 Å². The topological polar surface area (TPSA) is 65.0 Å². The van der Waals surface area contributed by atoms with E-state index in [1.54, 1.807) is 0 Å². The summed E-state index contributed by atoms with van der Waals surface area (Å²) in [4.78, 5) is 15.9. The van der Waals surface area contributed by atoms with E-state index in [-0.39, 0.29) is 12.3 Å². The largest absolute Gasteiger partial charge is 0.453 e. The van der Waals surface area contributed by atoms with Gasteiger partial charge in [-0.1, -0.05) is 12.1 Å². The standard InChI is InChI=1S/C11H7N3O2S2/c15-11(8-5-12-18-14-8)16-6-10-13-7-3-1-2-4-9(7)17-10/h1-5H,6H2. The van der Waals surface area contributed by atoms with Crippen LogP contribution in [0.3, 0.4) is 0 Å². The summed E-state index contributed by atoms with van der Waals surface area (Å²) in [5, 5.41) is 0.771. The van der Waals surface area contributed by atoms with Crippen LogP contribution in [0.4, 0.5) is 0 Å². The van der Waals surface area contributed by atoms with E-state index in [1.807, 2.05) is 24.3 Å². The Labute approximate surface area is 110 Å². The monoisotopic (exact) mass is 277 g/mol. The first-order valence-corrected chi connectivity index (χ1v) is 6.67. The third-order valence-corrected chi connectivity index (χ3v) is 3.72. The van der Waals surface area contributed by atoms with E-state index >= 15 is 0 Å². The Balaban J connectivity index is 1.71. The summed E-state index contributed by atoms with van der Waals surface area (Å²) in [6.45, 7) is 0.162. The van der Waals surface area contributed by atoms with E-state index in [0.29, 0.717) is 0 Å². The summed E-state index contributed by atoms with van der Waals surface area (Å²) in [6.07, 6.45) is 1.39. The lowest BCUT2D eigenvalue weighted by Gasteiger charge is -1.98. The normalized spacial score (nSPS) is 10.7. The maximum absolute atomic E-state index is 11.6. The number of carbonyl (C=O) groups excluding carboxylic acids is 1. The molecule has 0 aliphatic rings. The number of fused-ring (bicyclic) bond motifs is 1. The molecule has 3 aromatic rings. The van der Waals surface area contributed by atoms with Crippen LogP contribution in [0.15, 0.2) is 30.5 Å². The smallest absolute Gasteiger partial charge is 0.360 e.